The van der Waals surface area contributed by atoms with E-state index in [1.807, 2.05) is 41.1 Å². The first-order valence-electron chi connectivity index (χ1n) is 5.94. The Labute approximate surface area is 117 Å². The van der Waals surface area contributed by atoms with Crippen molar-refractivity contribution in [2.45, 2.75) is 5.32 Å². The summed E-state index contributed by atoms with van der Waals surface area (Å²) in [6, 6.07) is 20.4. The molecular formula is C14H12N4Se. The molecule has 0 atom stereocenters. The summed E-state index contributed by atoms with van der Waals surface area (Å²) in [6.07, 6.45) is 0. The summed E-state index contributed by atoms with van der Waals surface area (Å²) >= 11 is 0.223. The van der Waals surface area contributed by atoms with Crippen molar-refractivity contribution in [3.8, 4) is 5.69 Å². The van der Waals surface area contributed by atoms with Crippen LogP contribution in [0.2, 0.25) is 0 Å². The molecule has 0 unspecified atom stereocenters. The Bertz CT molecular complexity index is 637. The maximum atomic E-state index is 4.14. The van der Waals surface area contributed by atoms with E-state index in [-0.39, 0.29) is 15.0 Å². The predicted molar refractivity (Wildman–Crippen MR) is 74.7 cm³/mol. The Hall–Kier alpha value is -1.97. The van der Waals surface area contributed by atoms with Crippen LogP contribution in [-0.2, 0) is 5.32 Å². The number of nitrogens with zero attached hydrogens (tertiary/aromatic N) is 4. The Morgan fingerprint density at radius 3 is 2.32 bits per heavy atom. The van der Waals surface area contributed by atoms with Gasteiger partial charge in [0.1, 0.15) is 0 Å². The molecule has 0 spiro atoms. The predicted octanol–water partition coefficient (Wildman–Crippen LogP) is 1.19. The molecule has 4 nitrogen and oxygen atoms in total. The molecular weight excluding hydrogens is 303 g/mol. The van der Waals surface area contributed by atoms with Crippen molar-refractivity contribution >= 4 is 19.7 Å². The number of hydrogen-bond acceptors (Lipinski definition) is 3. The van der Waals surface area contributed by atoms with Crippen LogP contribution in [0.3, 0.4) is 0 Å². The first-order valence-corrected chi connectivity index (χ1v) is 8.01. The molecule has 2 aromatic carbocycles. The molecule has 3 aromatic rings. The van der Waals surface area contributed by atoms with E-state index >= 15 is 0 Å². The molecule has 1 aromatic heterocycles. The van der Waals surface area contributed by atoms with Gasteiger partial charge in [-0.2, -0.15) is 0 Å². The molecule has 3 rings (SSSR count). The van der Waals surface area contributed by atoms with E-state index in [0.29, 0.717) is 0 Å². The van der Waals surface area contributed by atoms with Gasteiger partial charge in [0.05, 0.1) is 0 Å². The van der Waals surface area contributed by atoms with Crippen LogP contribution in [-0.4, -0.2) is 35.2 Å². The molecule has 0 saturated heterocycles. The molecule has 0 aliphatic heterocycles. The van der Waals surface area contributed by atoms with E-state index in [2.05, 4.69) is 39.8 Å². The molecule has 5 heteroatoms. The van der Waals surface area contributed by atoms with Gasteiger partial charge in [0.2, 0.25) is 0 Å². The van der Waals surface area contributed by atoms with Crippen molar-refractivity contribution in [2.24, 2.45) is 0 Å². The fraction of sp³-hybridized carbons (Fsp3) is 0.0714. The third-order valence-electron chi connectivity index (χ3n) is 2.65. The molecule has 19 heavy (non-hydrogen) atoms. The summed E-state index contributed by atoms with van der Waals surface area (Å²) in [4.78, 5) is 0. The average molecular weight is 315 g/mol. The van der Waals surface area contributed by atoms with E-state index < -0.39 is 0 Å². The van der Waals surface area contributed by atoms with Crippen LogP contribution in [0.1, 0.15) is 5.56 Å². The second-order valence-corrected chi connectivity index (χ2v) is 5.96. The normalized spacial score (nSPS) is 10.5. The van der Waals surface area contributed by atoms with Gasteiger partial charge in [0.15, 0.2) is 0 Å². The minimum absolute atomic E-state index is 0.223. The summed E-state index contributed by atoms with van der Waals surface area (Å²) in [5, 5.41) is 13.0. The van der Waals surface area contributed by atoms with Crippen LogP contribution < -0.4 is 4.72 Å². The zero-order valence-corrected chi connectivity index (χ0v) is 11.9. The van der Waals surface area contributed by atoms with E-state index in [9.17, 15) is 0 Å². The van der Waals surface area contributed by atoms with Crippen LogP contribution in [0.15, 0.2) is 60.7 Å². The zero-order chi connectivity index (χ0) is 12.9. The van der Waals surface area contributed by atoms with Gasteiger partial charge in [-0.15, -0.1) is 0 Å². The molecule has 0 bridgehead atoms. The first kappa shape index (κ1) is 12.1. The van der Waals surface area contributed by atoms with E-state index in [1.165, 1.54) is 5.56 Å². The summed E-state index contributed by atoms with van der Waals surface area (Å²) < 4.78 is 2.77. The van der Waals surface area contributed by atoms with Crippen LogP contribution in [0.25, 0.3) is 5.69 Å². The van der Waals surface area contributed by atoms with Crippen molar-refractivity contribution in [3.05, 3.63) is 66.2 Å². The van der Waals surface area contributed by atoms with Gasteiger partial charge >= 0.3 is 117 Å². The molecule has 0 amide bonds. The van der Waals surface area contributed by atoms with E-state index in [1.54, 1.807) is 0 Å². The third kappa shape index (κ3) is 2.89. The van der Waals surface area contributed by atoms with Gasteiger partial charge in [-0.25, -0.2) is 0 Å². The van der Waals surface area contributed by atoms with Gasteiger partial charge in [0.25, 0.3) is 0 Å². The molecule has 94 valence electrons. The second-order valence-electron chi connectivity index (χ2n) is 3.98. The number of aromatic nitrogens is 4. The topological polar surface area (TPSA) is 43.6 Å². The monoisotopic (exact) mass is 316 g/mol. The fourth-order valence-corrected chi connectivity index (χ4v) is 3.50. The fourth-order valence-electron chi connectivity index (χ4n) is 1.72. The van der Waals surface area contributed by atoms with E-state index in [0.717, 1.165) is 15.7 Å². The summed E-state index contributed by atoms with van der Waals surface area (Å²) in [6.45, 7) is 0. The number of hydrogen-bond donors (Lipinski definition) is 0. The quantitative estimate of drug-likeness (QED) is 0.680. The molecule has 0 aliphatic carbocycles. The van der Waals surface area contributed by atoms with Crippen LogP contribution >= 0.6 is 0 Å². The van der Waals surface area contributed by atoms with Gasteiger partial charge in [-0.1, -0.05) is 0 Å². The zero-order valence-electron chi connectivity index (χ0n) is 10.2. The van der Waals surface area contributed by atoms with Gasteiger partial charge in [0, 0.05) is 0 Å². The number of para-hydroxylation sites is 1. The average Bonchev–Trinajstić information content (AvgIpc) is 2.95. The summed E-state index contributed by atoms with van der Waals surface area (Å²) in [5.41, 5.74) is 2.34. The Balaban J connectivity index is 1.78. The maximum absolute atomic E-state index is 4.14. The molecule has 0 aliphatic rings. The van der Waals surface area contributed by atoms with Crippen molar-refractivity contribution in [1.82, 2.24) is 20.2 Å². The van der Waals surface area contributed by atoms with E-state index in [4.69, 9.17) is 0 Å². The standard InChI is InChI=1S/C14H12N4Se/c1-3-7-12(8-4-1)11-19-14-15-16-17-18(14)13-9-5-2-6-10-13/h1-10H,11H2. The van der Waals surface area contributed by atoms with Gasteiger partial charge < -0.3 is 0 Å². The number of rotatable bonds is 4. The van der Waals surface area contributed by atoms with Crippen molar-refractivity contribution in [1.29, 1.82) is 0 Å². The van der Waals surface area contributed by atoms with Crippen molar-refractivity contribution in [3.63, 3.8) is 0 Å². The molecule has 0 fully saturated rings. The molecule has 0 radical (unpaired) electrons. The number of benzene rings is 2. The first-order chi connectivity index (χ1) is 9.43. The Morgan fingerprint density at radius 1 is 0.895 bits per heavy atom. The Kier molecular flexibility index (Phi) is 3.68. The SMILES string of the molecule is c1ccc(C[Se]c2nnnn2-c2ccccc2)cc1. The molecule has 0 saturated carbocycles. The summed E-state index contributed by atoms with van der Waals surface area (Å²) in [5.74, 6) is 0. The van der Waals surface area contributed by atoms with Gasteiger partial charge in [-0.3, -0.25) is 0 Å². The number of tetrazole rings is 1. The minimum atomic E-state index is 0.223. The van der Waals surface area contributed by atoms with Crippen molar-refractivity contribution < 1.29 is 0 Å². The molecule has 0 N–H and O–H groups in total. The van der Waals surface area contributed by atoms with Crippen molar-refractivity contribution in [2.75, 3.05) is 0 Å². The molecule has 1 heterocycles. The van der Waals surface area contributed by atoms with Crippen LogP contribution in [0.4, 0.5) is 0 Å². The Morgan fingerprint density at radius 2 is 1.58 bits per heavy atom. The second kappa shape index (κ2) is 5.78. The third-order valence-corrected chi connectivity index (χ3v) is 4.73. The van der Waals surface area contributed by atoms with Crippen LogP contribution in [0, 0.1) is 0 Å². The van der Waals surface area contributed by atoms with Gasteiger partial charge in [-0.05, 0) is 0 Å². The van der Waals surface area contributed by atoms with Crippen LogP contribution in [0.5, 0.6) is 0 Å². The summed E-state index contributed by atoms with van der Waals surface area (Å²) in [7, 11) is 0.